The predicted octanol–water partition coefficient (Wildman–Crippen LogP) is -1.12. The summed E-state index contributed by atoms with van der Waals surface area (Å²) in [4.78, 5) is 17.7. The number of nitrogens with two attached hydrogens (primary N) is 1. The van der Waals surface area contributed by atoms with E-state index in [9.17, 15) is 20.3 Å². The minimum Gasteiger partial charge on any atom is -0.447 e. The summed E-state index contributed by atoms with van der Waals surface area (Å²) in [7, 11) is 3.02. The highest BCUT2D eigenvalue weighted by Crippen LogP contribution is 2.40. The summed E-state index contributed by atoms with van der Waals surface area (Å²) >= 11 is 0. The van der Waals surface area contributed by atoms with Crippen molar-refractivity contribution in [3.63, 3.8) is 0 Å². The van der Waals surface area contributed by atoms with E-state index in [0.717, 1.165) is 0 Å². The predicted molar refractivity (Wildman–Crippen MR) is 108 cm³/mol. The van der Waals surface area contributed by atoms with Crippen LogP contribution in [0, 0.1) is 11.3 Å². The molecule has 2 aromatic rings. The monoisotopic (exact) mass is 450 g/mol. The maximum Gasteiger partial charge on any atom is 0.410 e. The number of fused-ring (bicyclic) bond motifs is 1. The van der Waals surface area contributed by atoms with Crippen molar-refractivity contribution in [2.75, 3.05) is 52.9 Å². The molecule has 4 N–H and O–H groups in total. The van der Waals surface area contributed by atoms with Gasteiger partial charge in [0.2, 0.25) is 5.60 Å². The van der Waals surface area contributed by atoms with Crippen molar-refractivity contribution in [1.29, 1.82) is 5.26 Å². The average Bonchev–Trinajstić information content (AvgIpc) is 3.34. The van der Waals surface area contributed by atoms with Gasteiger partial charge in [0.05, 0.1) is 18.9 Å². The quantitative estimate of drug-likeness (QED) is 0.421. The Hall–Kier alpha value is -3.02. The van der Waals surface area contributed by atoms with Gasteiger partial charge in [-0.05, 0) is 12.1 Å². The first-order valence-corrected chi connectivity index (χ1v) is 9.83. The van der Waals surface area contributed by atoms with Gasteiger partial charge < -0.3 is 39.8 Å². The lowest BCUT2D eigenvalue weighted by Crippen LogP contribution is -2.41. The molecular weight excluding hydrogens is 424 g/mol. The molecule has 1 amide bonds. The molecule has 0 bridgehead atoms. The van der Waals surface area contributed by atoms with Crippen LogP contribution in [0.3, 0.4) is 0 Å². The van der Waals surface area contributed by atoms with Gasteiger partial charge in [0, 0.05) is 27.3 Å². The van der Waals surface area contributed by atoms with E-state index >= 15 is 0 Å². The van der Waals surface area contributed by atoms with E-state index in [1.165, 1.54) is 36.0 Å². The first-order valence-electron chi connectivity index (χ1n) is 9.83. The zero-order chi connectivity index (χ0) is 23.3. The number of aliphatic hydroxyl groups excluding tert-OH is 2. The number of hydrogen-bond donors (Lipinski definition) is 3. The van der Waals surface area contributed by atoms with Crippen LogP contribution in [-0.2, 0) is 24.5 Å². The number of amides is 1. The Morgan fingerprint density at radius 2 is 2.03 bits per heavy atom. The zero-order valence-corrected chi connectivity index (χ0v) is 17.7. The summed E-state index contributed by atoms with van der Waals surface area (Å²) in [6, 6.07) is 5.01. The molecule has 0 aromatic carbocycles. The van der Waals surface area contributed by atoms with Gasteiger partial charge in [-0.2, -0.15) is 10.4 Å². The van der Waals surface area contributed by atoms with E-state index < -0.39 is 36.6 Å². The lowest BCUT2D eigenvalue weighted by atomic mass is 9.92. The molecule has 0 radical (unpaired) electrons. The molecule has 0 spiro atoms. The van der Waals surface area contributed by atoms with Crippen molar-refractivity contribution >= 4 is 17.4 Å². The normalized spacial score (nSPS) is 25.0. The number of carbonyl (C=O) groups is 1. The lowest BCUT2D eigenvalue weighted by Gasteiger charge is -2.24. The van der Waals surface area contributed by atoms with Crippen LogP contribution in [0.2, 0.25) is 0 Å². The molecule has 1 saturated heterocycles. The topological polar surface area (TPSA) is 178 Å². The summed E-state index contributed by atoms with van der Waals surface area (Å²) in [6.45, 7) is 0.745. The van der Waals surface area contributed by atoms with Crippen molar-refractivity contribution in [1.82, 2.24) is 19.5 Å². The number of nitrogen functional groups attached to an aromatic ring is 1. The Morgan fingerprint density at radius 1 is 1.34 bits per heavy atom. The number of hydrogen-bond acceptors (Lipinski definition) is 11. The van der Waals surface area contributed by atoms with Crippen molar-refractivity contribution in [3.8, 4) is 6.07 Å². The van der Waals surface area contributed by atoms with Crippen LogP contribution in [0.15, 0.2) is 18.5 Å². The summed E-state index contributed by atoms with van der Waals surface area (Å²) in [5.41, 5.74) is 4.44. The molecule has 0 saturated carbocycles. The van der Waals surface area contributed by atoms with E-state index in [1.54, 1.807) is 6.07 Å². The number of nitriles is 1. The Balaban J connectivity index is 1.77. The minimum absolute atomic E-state index is 0.159. The molecule has 4 atom stereocenters. The first-order chi connectivity index (χ1) is 15.4. The second-order valence-corrected chi connectivity index (χ2v) is 7.15. The van der Waals surface area contributed by atoms with E-state index in [4.69, 9.17) is 24.7 Å². The number of aromatic nitrogens is 3. The van der Waals surface area contributed by atoms with Crippen LogP contribution in [0.25, 0.3) is 5.52 Å². The Labute approximate surface area is 183 Å². The van der Waals surface area contributed by atoms with Gasteiger partial charge in [-0.15, -0.1) is 0 Å². The Bertz CT molecular complexity index is 971. The summed E-state index contributed by atoms with van der Waals surface area (Å²) in [5, 5.41) is 35.2. The van der Waals surface area contributed by atoms with E-state index in [0.29, 0.717) is 18.7 Å². The molecule has 1 aliphatic rings. The second kappa shape index (κ2) is 10.1. The summed E-state index contributed by atoms with van der Waals surface area (Å²) in [6.07, 6.45) is -3.78. The number of nitrogens with zero attached hydrogens (tertiary/aromatic N) is 5. The number of aliphatic hydroxyl groups is 2. The van der Waals surface area contributed by atoms with Gasteiger partial charge in [-0.1, -0.05) is 0 Å². The van der Waals surface area contributed by atoms with Crippen LogP contribution < -0.4 is 5.73 Å². The fourth-order valence-electron chi connectivity index (χ4n) is 3.49. The number of carbonyl (C=O) groups excluding carboxylic acids is 1. The summed E-state index contributed by atoms with van der Waals surface area (Å²) in [5.74, 6) is 0.171. The van der Waals surface area contributed by atoms with Gasteiger partial charge in [0.15, 0.2) is 5.82 Å². The van der Waals surface area contributed by atoms with Crippen molar-refractivity contribution < 1.29 is 34.0 Å². The number of ether oxygens (including phenoxy) is 4. The third-order valence-corrected chi connectivity index (χ3v) is 5.25. The maximum absolute atomic E-state index is 12.5. The fraction of sp³-hybridized carbons (Fsp3) is 0.579. The van der Waals surface area contributed by atoms with Gasteiger partial charge in [-0.25, -0.2) is 14.3 Å². The largest absolute Gasteiger partial charge is 0.447 e. The first kappa shape index (κ1) is 23.6. The molecule has 174 valence electrons. The molecule has 13 nitrogen and oxygen atoms in total. The van der Waals surface area contributed by atoms with Crippen molar-refractivity contribution in [2.45, 2.75) is 23.9 Å². The third-order valence-electron chi connectivity index (χ3n) is 5.25. The Kier molecular flexibility index (Phi) is 7.44. The smallest absolute Gasteiger partial charge is 0.410 e. The molecule has 3 rings (SSSR count). The highest BCUT2D eigenvalue weighted by molar-refractivity contribution is 5.67. The average molecular weight is 450 g/mol. The number of rotatable bonds is 9. The van der Waals surface area contributed by atoms with Gasteiger partial charge in [0.1, 0.15) is 42.8 Å². The molecule has 1 aliphatic heterocycles. The molecule has 13 heteroatoms. The summed E-state index contributed by atoms with van der Waals surface area (Å²) < 4.78 is 22.4. The maximum atomic E-state index is 12.5. The highest BCUT2D eigenvalue weighted by Gasteiger charge is 2.57. The van der Waals surface area contributed by atoms with E-state index in [-0.39, 0.29) is 24.6 Å². The van der Waals surface area contributed by atoms with Crippen molar-refractivity contribution in [3.05, 3.63) is 24.2 Å². The van der Waals surface area contributed by atoms with Crippen LogP contribution in [0.4, 0.5) is 10.6 Å². The molecule has 0 aliphatic carbocycles. The zero-order valence-electron chi connectivity index (χ0n) is 17.7. The van der Waals surface area contributed by atoms with Gasteiger partial charge >= 0.3 is 6.09 Å². The number of anilines is 1. The fourth-order valence-corrected chi connectivity index (χ4v) is 3.49. The second-order valence-electron chi connectivity index (χ2n) is 7.15. The van der Waals surface area contributed by atoms with Crippen LogP contribution in [-0.4, -0.2) is 101 Å². The minimum atomic E-state index is -1.96. The molecule has 2 aromatic heterocycles. The standard InChI is InChI=1S/C19H26N6O7/c1-29-7-5-24(6-8-30-2)18(28)31-9-13-15(26)16(27)19(10-20,32-13)14-4-3-12-17(21)22-11-23-25(12)14/h3-4,11,13,15-16,26-27H,5-9H2,1-2H3,(H2,21,22,23)/t13-,15-,16-,19+/m1/s1. The molecule has 3 heterocycles. The Morgan fingerprint density at radius 3 is 2.66 bits per heavy atom. The molecular formula is C19H26N6O7. The molecule has 1 fully saturated rings. The van der Waals surface area contributed by atoms with Crippen LogP contribution in [0.1, 0.15) is 5.69 Å². The molecule has 0 unspecified atom stereocenters. The van der Waals surface area contributed by atoms with E-state index in [1.807, 2.05) is 6.07 Å². The third kappa shape index (κ3) is 4.31. The van der Waals surface area contributed by atoms with Gasteiger partial charge in [-0.3, -0.25) is 0 Å². The van der Waals surface area contributed by atoms with E-state index in [2.05, 4.69) is 10.1 Å². The SMILES string of the molecule is COCCN(CCOC)C(=O)OC[C@H]1O[C@@](C#N)(c2ccc3c(N)ncnn23)[C@H](O)[C@@H]1O. The van der Waals surface area contributed by atoms with Crippen LogP contribution in [0.5, 0.6) is 0 Å². The van der Waals surface area contributed by atoms with Crippen molar-refractivity contribution in [2.24, 2.45) is 0 Å². The lowest BCUT2D eigenvalue weighted by molar-refractivity contribution is -0.0686. The highest BCUT2D eigenvalue weighted by atomic mass is 16.6. The number of methoxy groups -OCH3 is 2. The van der Waals surface area contributed by atoms with Crippen LogP contribution >= 0.6 is 0 Å². The molecule has 32 heavy (non-hydrogen) atoms. The van der Waals surface area contributed by atoms with Gasteiger partial charge in [0.25, 0.3) is 0 Å².